The lowest BCUT2D eigenvalue weighted by Gasteiger charge is -2.36. The maximum atomic E-state index is 11.2. The van der Waals surface area contributed by atoms with E-state index in [0.717, 1.165) is 12.8 Å². The van der Waals surface area contributed by atoms with Gasteiger partial charge in [0.1, 0.15) is 0 Å². The summed E-state index contributed by atoms with van der Waals surface area (Å²) in [6.07, 6.45) is 2.36. The Kier molecular flexibility index (Phi) is 3.09. The molecule has 0 unspecified atom stereocenters. The fourth-order valence-electron chi connectivity index (χ4n) is 1.27. The standard InChI is InChI=1S/C9H17NO2/c1-6(2)9(11)10-7-4-5-8(7)12-3/h6-8H,4-5H2,1-3H3,(H,10,11)/t7-,8-/m0/s1. The molecule has 0 saturated heterocycles. The molecule has 3 nitrogen and oxygen atoms in total. The van der Waals surface area contributed by atoms with Gasteiger partial charge in [-0.3, -0.25) is 4.79 Å². The number of carbonyl (C=O) groups is 1. The van der Waals surface area contributed by atoms with Crippen molar-refractivity contribution in [2.24, 2.45) is 5.92 Å². The highest BCUT2D eigenvalue weighted by Gasteiger charge is 2.32. The molecule has 1 rings (SSSR count). The topological polar surface area (TPSA) is 38.3 Å². The van der Waals surface area contributed by atoms with Crippen LogP contribution in [-0.2, 0) is 9.53 Å². The Balaban J connectivity index is 2.27. The summed E-state index contributed by atoms with van der Waals surface area (Å²) in [6.45, 7) is 3.80. The molecule has 70 valence electrons. The zero-order chi connectivity index (χ0) is 9.14. The van der Waals surface area contributed by atoms with Crippen molar-refractivity contribution in [2.75, 3.05) is 7.11 Å². The number of rotatable bonds is 3. The predicted molar refractivity (Wildman–Crippen MR) is 46.8 cm³/mol. The molecule has 1 aliphatic carbocycles. The van der Waals surface area contributed by atoms with E-state index < -0.39 is 0 Å². The van der Waals surface area contributed by atoms with Crippen LogP contribution in [0, 0.1) is 5.92 Å². The van der Waals surface area contributed by atoms with Crippen molar-refractivity contribution < 1.29 is 9.53 Å². The highest BCUT2D eigenvalue weighted by Crippen LogP contribution is 2.22. The van der Waals surface area contributed by atoms with Crippen molar-refractivity contribution in [2.45, 2.75) is 38.8 Å². The molecule has 3 heteroatoms. The SMILES string of the molecule is CO[C@H]1CC[C@@H]1NC(=O)C(C)C. The van der Waals surface area contributed by atoms with Crippen LogP contribution in [0.2, 0.25) is 0 Å². The first-order valence-corrected chi connectivity index (χ1v) is 4.48. The number of carbonyl (C=O) groups excluding carboxylic acids is 1. The van der Waals surface area contributed by atoms with E-state index in [4.69, 9.17) is 4.74 Å². The third kappa shape index (κ3) is 1.97. The predicted octanol–water partition coefficient (Wildman–Crippen LogP) is 0.936. The summed E-state index contributed by atoms with van der Waals surface area (Å²) in [5.41, 5.74) is 0. The first-order chi connectivity index (χ1) is 5.65. The van der Waals surface area contributed by atoms with Gasteiger partial charge >= 0.3 is 0 Å². The normalized spacial score (nSPS) is 28.3. The average molecular weight is 171 g/mol. The minimum absolute atomic E-state index is 0.0723. The Bertz CT molecular complexity index is 166. The molecular formula is C9H17NO2. The second-order valence-electron chi connectivity index (χ2n) is 3.62. The van der Waals surface area contributed by atoms with Crippen LogP contribution in [0.1, 0.15) is 26.7 Å². The van der Waals surface area contributed by atoms with Crippen LogP contribution >= 0.6 is 0 Å². The van der Waals surface area contributed by atoms with Gasteiger partial charge in [-0.05, 0) is 12.8 Å². The smallest absolute Gasteiger partial charge is 0.222 e. The van der Waals surface area contributed by atoms with Gasteiger partial charge < -0.3 is 10.1 Å². The summed E-state index contributed by atoms with van der Waals surface area (Å²) in [6, 6.07) is 0.255. The molecular weight excluding hydrogens is 154 g/mol. The summed E-state index contributed by atoms with van der Waals surface area (Å²) in [5, 5.41) is 2.95. The lowest BCUT2D eigenvalue weighted by atomic mass is 9.88. The van der Waals surface area contributed by atoms with Crippen molar-refractivity contribution >= 4 is 5.91 Å². The van der Waals surface area contributed by atoms with Gasteiger partial charge in [0.25, 0.3) is 0 Å². The number of ether oxygens (including phenoxy) is 1. The van der Waals surface area contributed by atoms with Crippen LogP contribution in [-0.4, -0.2) is 25.2 Å². The van der Waals surface area contributed by atoms with E-state index in [-0.39, 0.29) is 24.0 Å². The molecule has 0 aromatic rings. The molecule has 0 spiro atoms. The van der Waals surface area contributed by atoms with Crippen molar-refractivity contribution in [3.8, 4) is 0 Å². The van der Waals surface area contributed by atoms with Gasteiger partial charge in [-0.25, -0.2) is 0 Å². The van der Waals surface area contributed by atoms with Crippen LogP contribution in [0.25, 0.3) is 0 Å². The van der Waals surface area contributed by atoms with Gasteiger partial charge in [0.15, 0.2) is 0 Å². The highest BCUT2D eigenvalue weighted by molar-refractivity contribution is 5.78. The maximum Gasteiger partial charge on any atom is 0.222 e. The summed E-state index contributed by atoms with van der Waals surface area (Å²) in [4.78, 5) is 11.2. The molecule has 1 N–H and O–H groups in total. The second-order valence-corrected chi connectivity index (χ2v) is 3.62. The molecule has 0 bridgehead atoms. The van der Waals surface area contributed by atoms with Crippen molar-refractivity contribution in [3.05, 3.63) is 0 Å². The summed E-state index contributed by atoms with van der Waals surface area (Å²) < 4.78 is 5.16. The van der Waals surface area contributed by atoms with Gasteiger partial charge in [-0.1, -0.05) is 13.8 Å². The van der Waals surface area contributed by atoms with Crippen molar-refractivity contribution in [1.82, 2.24) is 5.32 Å². The fraction of sp³-hybridized carbons (Fsp3) is 0.889. The zero-order valence-corrected chi connectivity index (χ0v) is 7.96. The monoisotopic (exact) mass is 171 g/mol. The first-order valence-electron chi connectivity index (χ1n) is 4.48. The quantitative estimate of drug-likeness (QED) is 0.686. The van der Waals surface area contributed by atoms with Crippen LogP contribution < -0.4 is 5.32 Å². The van der Waals surface area contributed by atoms with Crippen LogP contribution in [0.5, 0.6) is 0 Å². The molecule has 0 aliphatic heterocycles. The zero-order valence-electron chi connectivity index (χ0n) is 7.96. The Hall–Kier alpha value is -0.570. The highest BCUT2D eigenvalue weighted by atomic mass is 16.5. The molecule has 0 aromatic heterocycles. The Morgan fingerprint density at radius 3 is 2.50 bits per heavy atom. The van der Waals surface area contributed by atoms with E-state index in [9.17, 15) is 4.79 Å². The van der Waals surface area contributed by atoms with Gasteiger partial charge in [0, 0.05) is 13.0 Å². The second kappa shape index (κ2) is 3.90. The molecule has 0 heterocycles. The minimum Gasteiger partial charge on any atom is -0.379 e. The van der Waals surface area contributed by atoms with E-state index in [0.29, 0.717) is 0 Å². The molecule has 2 atom stereocenters. The maximum absolute atomic E-state index is 11.2. The van der Waals surface area contributed by atoms with Crippen molar-refractivity contribution in [3.63, 3.8) is 0 Å². The molecule has 1 aliphatic rings. The molecule has 0 aromatic carbocycles. The third-order valence-corrected chi connectivity index (χ3v) is 2.37. The molecule has 12 heavy (non-hydrogen) atoms. The number of hydrogen-bond acceptors (Lipinski definition) is 2. The lowest BCUT2D eigenvalue weighted by Crippen LogP contribution is -2.52. The summed E-state index contributed by atoms with van der Waals surface area (Å²) in [5.74, 6) is 0.199. The van der Waals surface area contributed by atoms with E-state index in [1.165, 1.54) is 0 Å². The fourth-order valence-corrected chi connectivity index (χ4v) is 1.27. The summed E-state index contributed by atoms with van der Waals surface area (Å²) in [7, 11) is 1.69. The van der Waals surface area contributed by atoms with Gasteiger partial charge in [0.05, 0.1) is 12.1 Å². The van der Waals surface area contributed by atoms with Gasteiger partial charge in [0.2, 0.25) is 5.91 Å². The number of methoxy groups -OCH3 is 1. The minimum atomic E-state index is 0.0723. The molecule has 1 saturated carbocycles. The molecule has 0 radical (unpaired) electrons. The Labute approximate surface area is 73.5 Å². The van der Waals surface area contributed by atoms with E-state index >= 15 is 0 Å². The largest absolute Gasteiger partial charge is 0.379 e. The van der Waals surface area contributed by atoms with Gasteiger partial charge in [-0.2, -0.15) is 0 Å². The lowest BCUT2D eigenvalue weighted by molar-refractivity contribution is -0.127. The molecule has 1 fully saturated rings. The van der Waals surface area contributed by atoms with Crippen molar-refractivity contribution in [1.29, 1.82) is 0 Å². The van der Waals surface area contributed by atoms with E-state index in [1.807, 2.05) is 13.8 Å². The van der Waals surface area contributed by atoms with Crippen LogP contribution in [0.3, 0.4) is 0 Å². The van der Waals surface area contributed by atoms with Crippen LogP contribution in [0.4, 0.5) is 0 Å². The molecule has 1 amide bonds. The Morgan fingerprint density at radius 2 is 2.17 bits per heavy atom. The van der Waals surface area contributed by atoms with E-state index in [2.05, 4.69) is 5.32 Å². The van der Waals surface area contributed by atoms with Gasteiger partial charge in [-0.15, -0.1) is 0 Å². The Morgan fingerprint density at radius 1 is 1.50 bits per heavy atom. The van der Waals surface area contributed by atoms with E-state index in [1.54, 1.807) is 7.11 Å². The average Bonchev–Trinajstić information content (AvgIpc) is 1.98. The number of hydrogen-bond donors (Lipinski definition) is 1. The summed E-state index contributed by atoms with van der Waals surface area (Å²) >= 11 is 0. The number of nitrogens with one attached hydrogen (secondary N) is 1. The van der Waals surface area contributed by atoms with Crippen LogP contribution in [0.15, 0.2) is 0 Å². The first kappa shape index (κ1) is 9.52. The number of amides is 1. The third-order valence-electron chi connectivity index (χ3n) is 2.37.